The largest absolute Gasteiger partial charge is 0.350 e. The molecule has 0 unspecified atom stereocenters. The number of benzene rings is 2. The average molecular weight is 422 g/mol. The number of nitrogens with zero attached hydrogens (tertiary/aromatic N) is 4. The summed E-state index contributed by atoms with van der Waals surface area (Å²) in [6.45, 7) is 1.17. The number of halogens is 1. The molecule has 0 aliphatic heterocycles. The van der Waals surface area contributed by atoms with Crippen molar-refractivity contribution in [2.24, 2.45) is 0 Å². The zero-order valence-electron chi connectivity index (χ0n) is 16.9. The van der Waals surface area contributed by atoms with Crippen LogP contribution in [0, 0.1) is 11.3 Å². The highest BCUT2D eigenvalue weighted by Gasteiger charge is 2.14. The molecule has 1 N–H and O–H groups in total. The van der Waals surface area contributed by atoms with Crippen LogP contribution in [0.2, 0.25) is 0 Å². The minimum absolute atomic E-state index is 0. The van der Waals surface area contributed by atoms with Crippen LogP contribution >= 0.6 is 12.4 Å². The topological polar surface area (TPSA) is 74.0 Å². The number of aromatic nitrogens is 2. The second-order valence-corrected chi connectivity index (χ2v) is 6.81. The molecule has 6 nitrogen and oxygen atoms in total. The first-order valence-electron chi connectivity index (χ1n) is 9.33. The summed E-state index contributed by atoms with van der Waals surface area (Å²) < 4.78 is 1.76. The first-order valence-corrected chi connectivity index (χ1v) is 9.33. The van der Waals surface area contributed by atoms with E-state index >= 15 is 0 Å². The Morgan fingerprint density at radius 1 is 1.13 bits per heavy atom. The van der Waals surface area contributed by atoms with Gasteiger partial charge < -0.3 is 10.2 Å². The maximum Gasteiger partial charge on any atom is 0.262 e. The third-order valence-corrected chi connectivity index (χ3v) is 4.32. The monoisotopic (exact) mass is 421 g/mol. The van der Waals surface area contributed by atoms with Gasteiger partial charge in [-0.1, -0.05) is 48.5 Å². The van der Waals surface area contributed by atoms with E-state index in [1.165, 1.54) is 0 Å². The van der Waals surface area contributed by atoms with Gasteiger partial charge in [0.1, 0.15) is 11.6 Å². The Balaban J connectivity index is 0.00000320. The SMILES string of the molecule is CN(C)CCNC(=O)/C(C#N)=C/c1cn(-c2ccccc2)nc1-c1ccccc1.Cl. The molecule has 0 saturated carbocycles. The summed E-state index contributed by atoms with van der Waals surface area (Å²) >= 11 is 0. The molecule has 3 rings (SSSR count). The number of nitriles is 1. The van der Waals surface area contributed by atoms with Crippen LogP contribution in [-0.4, -0.2) is 47.8 Å². The highest BCUT2D eigenvalue weighted by atomic mass is 35.5. The first kappa shape index (κ1) is 22.9. The molecule has 0 aliphatic rings. The van der Waals surface area contributed by atoms with Gasteiger partial charge in [-0.2, -0.15) is 10.4 Å². The molecule has 1 heterocycles. The summed E-state index contributed by atoms with van der Waals surface area (Å²) in [7, 11) is 3.86. The third kappa shape index (κ3) is 5.80. The van der Waals surface area contributed by atoms with Crippen LogP contribution in [0.3, 0.4) is 0 Å². The van der Waals surface area contributed by atoms with Crippen LogP contribution < -0.4 is 5.32 Å². The lowest BCUT2D eigenvalue weighted by Gasteiger charge is -2.09. The Morgan fingerprint density at radius 2 is 1.77 bits per heavy atom. The average Bonchev–Trinajstić information content (AvgIpc) is 3.17. The zero-order valence-corrected chi connectivity index (χ0v) is 17.8. The normalized spacial score (nSPS) is 10.9. The van der Waals surface area contributed by atoms with Gasteiger partial charge in [0.05, 0.1) is 11.4 Å². The number of amides is 1. The van der Waals surface area contributed by atoms with E-state index in [-0.39, 0.29) is 23.9 Å². The fourth-order valence-electron chi connectivity index (χ4n) is 2.82. The molecule has 0 radical (unpaired) electrons. The van der Waals surface area contributed by atoms with Crippen molar-refractivity contribution in [2.45, 2.75) is 0 Å². The number of hydrogen-bond donors (Lipinski definition) is 1. The molecule has 30 heavy (non-hydrogen) atoms. The van der Waals surface area contributed by atoms with Crippen molar-refractivity contribution in [1.82, 2.24) is 20.0 Å². The minimum Gasteiger partial charge on any atom is -0.350 e. The summed E-state index contributed by atoms with van der Waals surface area (Å²) in [5, 5.41) is 17.0. The number of carbonyl (C=O) groups excluding carboxylic acids is 1. The third-order valence-electron chi connectivity index (χ3n) is 4.32. The number of carbonyl (C=O) groups is 1. The number of rotatable bonds is 7. The molecule has 0 bridgehead atoms. The molecule has 3 aromatic rings. The van der Waals surface area contributed by atoms with E-state index in [0.29, 0.717) is 24.3 Å². The highest BCUT2D eigenvalue weighted by Crippen LogP contribution is 2.25. The maximum absolute atomic E-state index is 12.4. The maximum atomic E-state index is 12.4. The predicted octanol–water partition coefficient (Wildman–Crippen LogP) is 3.55. The van der Waals surface area contributed by atoms with Crippen LogP contribution in [0.1, 0.15) is 5.56 Å². The van der Waals surface area contributed by atoms with Crippen molar-refractivity contribution >= 4 is 24.4 Å². The van der Waals surface area contributed by atoms with Crippen molar-refractivity contribution in [3.8, 4) is 23.0 Å². The molecule has 0 spiro atoms. The molecule has 0 fully saturated rings. The zero-order chi connectivity index (χ0) is 20.6. The van der Waals surface area contributed by atoms with Crippen molar-refractivity contribution in [3.63, 3.8) is 0 Å². The molecular weight excluding hydrogens is 398 g/mol. The minimum atomic E-state index is -0.388. The van der Waals surface area contributed by atoms with E-state index in [4.69, 9.17) is 5.10 Å². The van der Waals surface area contributed by atoms with Crippen molar-refractivity contribution in [1.29, 1.82) is 5.26 Å². The van der Waals surface area contributed by atoms with Gasteiger partial charge in [0.25, 0.3) is 5.91 Å². The Kier molecular flexibility index (Phi) is 8.36. The van der Waals surface area contributed by atoms with Crippen LogP contribution in [0.5, 0.6) is 0 Å². The van der Waals surface area contributed by atoms with Gasteiger partial charge >= 0.3 is 0 Å². The molecule has 154 valence electrons. The van der Waals surface area contributed by atoms with Crippen LogP contribution in [-0.2, 0) is 4.79 Å². The van der Waals surface area contributed by atoms with E-state index in [2.05, 4.69) is 5.32 Å². The summed E-state index contributed by atoms with van der Waals surface area (Å²) in [6.07, 6.45) is 3.43. The van der Waals surface area contributed by atoms with E-state index < -0.39 is 0 Å². The summed E-state index contributed by atoms with van der Waals surface area (Å²) in [4.78, 5) is 14.4. The summed E-state index contributed by atoms with van der Waals surface area (Å²) in [6, 6.07) is 21.5. The van der Waals surface area contributed by atoms with Crippen LogP contribution in [0.25, 0.3) is 23.0 Å². The Hall–Kier alpha value is -3.40. The number of para-hydroxylation sites is 1. The second kappa shape index (κ2) is 11.0. The highest BCUT2D eigenvalue weighted by molar-refractivity contribution is 6.02. The van der Waals surface area contributed by atoms with Gasteiger partial charge in [0.15, 0.2) is 0 Å². The molecule has 2 aromatic carbocycles. The van der Waals surface area contributed by atoms with Crippen molar-refractivity contribution in [2.75, 3.05) is 27.2 Å². The second-order valence-electron chi connectivity index (χ2n) is 6.81. The van der Waals surface area contributed by atoms with Gasteiger partial charge in [0, 0.05) is 30.4 Å². The van der Waals surface area contributed by atoms with E-state index in [1.54, 1.807) is 10.8 Å². The van der Waals surface area contributed by atoms with E-state index in [9.17, 15) is 10.1 Å². The first-order chi connectivity index (χ1) is 14.1. The molecule has 0 aliphatic carbocycles. The number of likely N-dealkylation sites (N-methyl/N-ethyl adjacent to an activating group) is 1. The van der Waals surface area contributed by atoms with Crippen molar-refractivity contribution in [3.05, 3.63) is 78.0 Å². The van der Waals surface area contributed by atoms with Crippen LogP contribution in [0.15, 0.2) is 72.4 Å². The predicted molar refractivity (Wildman–Crippen MR) is 121 cm³/mol. The fraction of sp³-hybridized carbons (Fsp3) is 0.174. The fourth-order valence-corrected chi connectivity index (χ4v) is 2.82. The Morgan fingerprint density at radius 3 is 2.37 bits per heavy atom. The smallest absolute Gasteiger partial charge is 0.262 e. The van der Waals surface area contributed by atoms with Gasteiger partial charge in [-0.05, 0) is 32.3 Å². The van der Waals surface area contributed by atoms with Gasteiger partial charge in [-0.3, -0.25) is 4.79 Å². The molecule has 0 saturated heterocycles. The molecule has 0 atom stereocenters. The summed E-state index contributed by atoms with van der Waals surface area (Å²) in [5.41, 5.74) is 3.29. The molecule has 7 heteroatoms. The lowest BCUT2D eigenvalue weighted by Crippen LogP contribution is -2.31. The van der Waals surface area contributed by atoms with E-state index in [1.807, 2.05) is 91.9 Å². The molecule has 1 aromatic heterocycles. The molecular formula is C23H24ClN5O. The summed E-state index contributed by atoms with van der Waals surface area (Å²) in [5.74, 6) is -0.388. The van der Waals surface area contributed by atoms with E-state index in [0.717, 1.165) is 11.3 Å². The van der Waals surface area contributed by atoms with Gasteiger partial charge in [-0.25, -0.2) is 4.68 Å². The lowest BCUT2D eigenvalue weighted by atomic mass is 10.1. The lowest BCUT2D eigenvalue weighted by molar-refractivity contribution is -0.117. The Labute approximate surface area is 182 Å². The number of hydrogen-bond acceptors (Lipinski definition) is 4. The van der Waals surface area contributed by atoms with Gasteiger partial charge in [-0.15, -0.1) is 12.4 Å². The quantitative estimate of drug-likeness (QED) is 0.467. The van der Waals surface area contributed by atoms with Gasteiger partial charge in [0.2, 0.25) is 0 Å². The Bertz CT molecular complexity index is 1040. The van der Waals surface area contributed by atoms with Crippen molar-refractivity contribution < 1.29 is 4.79 Å². The van der Waals surface area contributed by atoms with Crippen LogP contribution in [0.4, 0.5) is 0 Å². The standard InChI is InChI=1S/C23H23N5O.ClH/c1-27(2)14-13-25-23(29)19(16-24)15-20-17-28(21-11-7-4-8-12-21)26-22(20)18-9-5-3-6-10-18;/h3-12,15,17H,13-14H2,1-2H3,(H,25,29);1H/b19-15+;. The molecule has 1 amide bonds. The number of nitrogens with one attached hydrogen (secondary N) is 1.